The number of likely N-dealkylation sites (N-methyl/N-ethyl adjacent to an activating group) is 1. The second-order valence-electron chi connectivity index (χ2n) is 30.6. The number of methoxy groups -OCH3 is 2. The molecule has 0 aromatic heterocycles. The van der Waals surface area contributed by atoms with Crippen LogP contribution in [0.2, 0.25) is 54.4 Å². The highest BCUT2D eigenvalue weighted by Crippen LogP contribution is 2.46. The number of carbonyl (C=O) groups excluding carboxylic acids is 3. The number of rotatable bonds is 18. The van der Waals surface area contributed by atoms with Gasteiger partial charge in [0.2, 0.25) is 0 Å². The monoisotopic (exact) mass is 1290 g/mol. The highest BCUT2D eigenvalue weighted by molar-refractivity contribution is 6.75. The molecule has 0 spiro atoms. The first-order valence-corrected chi connectivity index (χ1v) is 40.9. The number of ether oxygens (including phenoxy) is 11. The summed E-state index contributed by atoms with van der Waals surface area (Å²) in [5.41, 5.74) is -0.527. The lowest BCUT2D eigenvalue weighted by molar-refractivity contribution is -0.334. The van der Waals surface area contributed by atoms with Crippen LogP contribution in [-0.2, 0) is 79.8 Å². The van der Waals surface area contributed by atoms with E-state index in [-0.39, 0.29) is 40.3 Å². The highest BCUT2D eigenvalue weighted by atomic mass is 28.4. The normalized spacial score (nSPS) is 39.6. The van der Waals surface area contributed by atoms with Crippen molar-refractivity contribution in [1.29, 1.82) is 0 Å². The summed E-state index contributed by atoms with van der Waals surface area (Å²) in [6, 6.07) is -0.701. The second-order valence-corrected chi connectivity index (χ2v) is 44.9. The van der Waals surface area contributed by atoms with Crippen LogP contribution in [0.25, 0.3) is 0 Å². The fourth-order valence-corrected chi connectivity index (χ4v) is 16.0. The maximum absolute atomic E-state index is 14.9. The van der Waals surface area contributed by atoms with E-state index in [2.05, 4.69) is 107 Å². The largest absolute Gasteiger partial charge is 0.462 e. The molecular formula is C65H119NO18Si3. The Labute approximate surface area is 527 Å². The smallest absolute Gasteiger partial charge is 0.308 e. The molecule has 504 valence electrons. The Bertz CT molecular complexity index is 2310. The fourth-order valence-electron chi connectivity index (χ4n) is 12.1. The number of hydrogen-bond donors (Lipinski definition) is 2. The molecule has 5 aliphatic heterocycles. The minimum atomic E-state index is -2.55. The molecule has 22 heteroatoms. The van der Waals surface area contributed by atoms with E-state index < -0.39 is 171 Å². The van der Waals surface area contributed by atoms with Crippen molar-refractivity contribution in [2.45, 2.75) is 321 Å². The van der Waals surface area contributed by atoms with E-state index in [9.17, 15) is 19.5 Å². The average molecular weight is 1290 g/mol. The zero-order chi connectivity index (χ0) is 65.9. The summed E-state index contributed by atoms with van der Waals surface area (Å²) in [6.45, 7) is 49.3. The number of aliphatic hydroxyl groups is 1. The number of cyclic esters (lactones) is 1. The van der Waals surface area contributed by atoms with Crippen molar-refractivity contribution in [3.63, 3.8) is 0 Å². The van der Waals surface area contributed by atoms with Gasteiger partial charge in [-0.25, -0.2) is 0 Å². The lowest BCUT2D eigenvalue weighted by Crippen LogP contribution is -2.66. The Balaban J connectivity index is 1.50. The van der Waals surface area contributed by atoms with Crippen LogP contribution in [0.4, 0.5) is 0 Å². The van der Waals surface area contributed by atoms with Crippen molar-refractivity contribution >= 4 is 42.7 Å². The molecule has 1 unspecified atom stereocenters. The number of fused-ring (bicyclic) bond motifs is 3. The standard InChI is InChI=1S/C65H119NO18Si3/c1-28-47-45(36-73-60-58(72-21)57(71-20)55(41(6)75-60)83-86(24,25)63(12,13)14)31-37(2)29-30-46(68)38(3)32-44-33-50(82-85(22,23)62(9,10)11)79-48(34-49(69)78-47)39(4)53(44)81-61-56(77-43(8)67)52(66-19)54(40(5)76-61)80-51-35-65(18,70)59(42(7)74-51)84-87(26,27)64(15,16)17/h29-31,38-42,44-45,47-48,50-61,66,70H,28,32-36H2,1-27H3/b30-29+,37-31+/t38-,39-,40-,41-,42+,44?,45-,47-,48+,50-,51+,52+,53+,54-,55-,56-,57-,58-,59+,60-,61+,65-/m1/s1. The topological polar surface area (TPSA) is 213 Å². The van der Waals surface area contributed by atoms with Gasteiger partial charge in [0, 0.05) is 51.7 Å². The van der Waals surface area contributed by atoms with Gasteiger partial charge < -0.3 is 75.8 Å². The van der Waals surface area contributed by atoms with E-state index in [1.807, 2.05) is 54.5 Å². The van der Waals surface area contributed by atoms with Gasteiger partial charge in [0.25, 0.3) is 0 Å². The molecule has 87 heavy (non-hydrogen) atoms. The van der Waals surface area contributed by atoms with Gasteiger partial charge in [-0.3, -0.25) is 14.4 Å². The minimum Gasteiger partial charge on any atom is -0.462 e. The summed E-state index contributed by atoms with van der Waals surface area (Å²) in [5, 5.41) is 15.1. The van der Waals surface area contributed by atoms with Gasteiger partial charge in [0.1, 0.15) is 30.7 Å². The lowest BCUT2D eigenvalue weighted by Gasteiger charge is -2.51. The molecule has 4 saturated heterocycles. The summed E-state index contributed by atoms with van der Waals surface area (Å²) in [4.78, 5) is 42.7. The molecule has 5 rings (SSSR count). The zero-order valence-corrected chi connectivity index (χ0v) is 61.5. The van der Waals surface area contributed by atoms with Crippen LogP contribution in [0.15, 0.2) is 23.8 Å². The molecule has 0 radical (unpaired) electrons. The Hall–Kier alpha value is -1.82. The van der Waals surface area contributed by atoms with Gasteiger partial charge in [-0.1, -0.05) is 101 Å². The van der Waals surface area contributed by atoms with Crippen LogP contribution in [0.5, 0.6) is 0 Å². The maximum atomic E-state index is 14.9. The number of carbonyl (C=O) groups is 3. The number of allylic oxidation sites excluding steroid dienone is 3. The van der Waals surface area contributed by atoms with Crippen LogP contribution >= 0.6 is 0 Å². The van der Waals surface area contributed by atoms with Crippen molar-refractivity contribution < 1.29 is 84.9 Å². The summed E-state index contributed by atoms with van der Waals surface area (Å²) in [5.74, 6) is -3.09. The summed E-state index contributed by atoms with van der Waals surface area (Å²) < 4.78 is 93.7. The van der Waals surface area contributed by atoms with Crippen LogP contribution < -0.4 is 5.32 Å². The highest BCUT2D eigenvalue weighted by Gasteiger charge is 2.56. The third-order valence-corrected chi connectivity index (χ3v) is 33.9. The van der Waals surface area contributed by atoms with Crippen LogP contribution in [0.3, 0.4) is 0 Å². The second kappa shape index (κ2) is 30.1. The van der Waals surface area contributed by atoms with Gasteiger partial charge in [0.15, 0.2) is 55.7 Å². The molecule has 2 N–H and O–H groups in total. The average Bonchev–Trinajstić information content (AvgIpc) is 1.48. The third-order valence-electron chi connectivity index (χ3n) is 20.5. The van der Waals surface area contributed by atoms with E-state index in [1.165, 1.54) is 6.92 Å². The Morgan fingerprint density at radius 1 is 0.701 bits per heavy atom. The molecule has 0 saturated carbocycles. The number of ketones is 1. The Kier molecular flexibility index (Phi) is 26.2. The number of esters is 2. The quantitative estimate of drug-likeness (QED) is 0.0964. The van der Waals surface area contributed by atoms with E-state index in [0.29, 0.717) is 19.3 Å². The third kappa shape index (κ3) is 19.0. The summed E-state index contributed by atoms with van der Waals surface area (Å²) >= 11 is 0. The molecule has 0 aliphatic carbocycles. The van der Waals surface area contributed by atoms with Gasteiger partial charge in [-0.15, -0.1) is 0 Å². The van der Waals surface area contributed by atoms with Gasteiger partial charge in [-0.05, 0) is 121 Å². The molecule has 0 aromatic carbocycles. The predicted octanol–water partition coefficient (Wildman–Crippen LogP) is 11.3. The van der Waals surface area contributed by atoms with Crippen molar-refractivity contribution in [2.24, 2.45) is 23.7 Å². The molecular weight excluding hydrogens is 1170 g/mol. The van der Waals surface area contributed by atoms with Crippen LogP contribution in [0.1, 0.15) is 157 Å². The first-order valence-electron chi connectivity index (χ1n) is 32.2. The lowest BCUT2D eigenvalue weighted by atomic mass is 9.80. The molecule has 4 fully saturated rings. The number of hydrogen-bond acceptors (Lipinski definition) is 19. The van der Waals surface area contributed by atoms with Crippen molar-refractivity contribution in [2.75, 3.05) is 27.9 Å². The van der Waals surface area contributed by atoms with Crippen LogP contribution in [-0.4, -0.2) is 186 Å². The maximum Gasteiger partial charge on any atom is 0.308 e. The van der Waals surface area contributed by atoms with Crippen molar-refractivity contribution in [3.05, 3.63) is 23.8 Å². The molecule has 0 aromatic rings. The van der Waals surface area contributed by atoms with Gasteiger partial charge in [-0.2, -0.15) is 0 Å². The molecule has 5 heterocycles. The Morgan fingerprint density at radius 3 is 1.80 bits per heavy atom. The van der Waals surface area contributed by atoms with Gasteiger partial charge in [0.05, 0.1) is 67.4 Å². The predicted molar refractivity (Wildman–Crippen MR) is 342 cm³/mol. The molecule has 0 amide bonds. The molecule has 22 atom stereocenters. The summed E-state index contributed by atoms with van der Waals surface area (Å²) in [6.07, 6.45) is -5.09. The molecule has 19 nitrogen and oxygen atoms in total. The van der Waals surface area contributed by atoms with Gasteiger partial charge >= 0.3 is 11.9 Å². The van der Waals surface area contributed by atoms with Crippen LogP contribution in [0, 0.1) is 23.7 Å². The first kappa shape index (κ1) is 75.9. The summed E-state index contributed by atoms with van der Waals surface area (Å²) in [7, 11) is -2.12. The van der Waals surface area contributed by atoms with Crippen molar-refractivity contribution in [3.8, 4) is 0 Å². The molecule has 2 bridgehead atoms. The van der Waals surface area contributed by atoms with E-state index in [0.717, 1.165) is 5.57 Å². The fraction of sp³-hybridized carbons (Fsp3) is 0.892. The van der Waals surface area contributed by atoms with E-state index in [4.69, 9.17) is 65.4 Å². The van der Waals surface area contributed by atoms with E-state index >= 15 is 0 Å². The van der Waals surface area contributed by atoms with E-state index in [1.54, 1.807) is 40.3 Å². The Morgan fingerprint density at radius 2 is 1.26 bits per heavy atom. The number of nitrogens with one attached hydrogen (secondary N) is 1. The first-order chi connectivity index (χ1) is 39.9. The molecule has 5 aliphatic rings. The SMILES string of the molecule is CC[C@H]1OC(=O)C[C@@H]2O[C@H](O[Si](C)(C)C(C)(C)C)CC(C[C@@H](C)C(=O)/C=C/C(C)=C/[C@@H]1CO[C@@H]1O[C@H](C)[C@@H](O[Si](C)(C)C(C)(C)C)[C@@H](OC)[C@H]1OC)[C@@H](O[C@@H]1O[C@H](C)[C@@H](O[C@H]3C[C@@](C)(O)[C@@H](O[Si](C)(C)C(C)(C)C)[C@H](C)O3)[C@H](NC)[C@H]1OC(C)=O)[C@@H]2C. The minimum absolute atomic E-state index is 0.0582. The van der Waals surface area contributed by atoms with Crippen molar-refractivity contribution in [1.82, 2.24) is 5.32 Å². The zero-order valence-electron chi connectivity index (χ0n) is 58.5.